The molecule has 0 aromatic carbocycles. The van der Waals surface area contributed by atoms with Gasteiger partial charge < -0.3 is 15.7 Å². The van der Waals surface area contributed by atoms with Crippen molar-refractivity contribution in [3.05, 3.63) is 0 Å². The van der Waals surface area contributed by atoms with Gasteiger partial charge in [-0.25, -0.2) is 0 Å². The molecule has 0 unspecified atom stereocenters. The van der Waals surface area contributed by atoms with Gasteiger partial charge >= 0.3 is 0 Å². The lowest BCUT2D eigenvalue weighted by Gasteiger charge is -2.39. The third-order valence-electron chi connectivity index (χ3n) is 4.19. The summed E-state index contributed by atoms with van der Waals surface area (Å²) in [7, 11) is 0. The maximum absolute atomic E-state index is 11.7. The minimum atomic E-state index is -0.324. The van der Waals surface area contributed by atoms with Crippen molar-refractivity contribution in [2.24, 2.45) is 11.8 Å². The van der Waals surface area contributed by atoms with Crippen LogP contribution in [0.1, 0.15) is 52.9 Å². The molecule has 1 aliphatic rings. The number of carbonyl (C=O) groups excluding carboxylic acids is 1. The number of hydrogen-bond donors (Lipinski definition) is 3. The van der Waals surface area contributed by atoms with Gasteiger partial charge in [0.15, 0.2) is 0 Å². The van der Waals surface area contributed by atoms with Crippen LogP contribution in [0.15, 0.2) is 0 Å². The van der Waals surface area contributed by atoms with Crippen LogP contribution >= 0.6 is 0 Å². The fourth-order valence-electron chi connectivity index (χ4n) is 2.73. The SMILES string of the molecule is CC(C)CNC(=O)CN[C@](C)(CO)C1CCCCC1. The number of nitrogens with one attached hydrogen (secondary N) is 2. The summed E-state index contributed by atoms with van der Waals surface area (Å²) in [6.07, 6.45) is 6.07. The molecule has 0 heterocycles. The monoisotopic (exact) mass is 270 g/mol. The van der Waals surface area contributed by atoms with Crippen molar-refractivity contribution in [3.8, 4) is 0 Å². The summed E-state index contributed by atoms with van der Waals surface area (Å²) >= 11 is 0. The van der Waals surface area contributed by atoms with E-state index in [9.17, 15) is 9.90 Å². The van der Waals surface area contributed by atoms with Crippen molar-refractivity contribution in [2.75, 3.05) is 19.7 Å². The Morgan fingerprint density at radius 3 is 2.47 bits per heavy atom. The van der Waals surface area contributed by atoms with Crippen molar-refractivity contribution in [2.45, 2.75) is 58.4 Å². The fourth-order valence-corrected chi connectivity index (χ4v) is 2.73. The predicted octanol–water partition coefficient (Wildman–Crippen LogP) is 1.68. The largest absolute Gasteiger partial charge is 0.394 e. The molecule has 1 aliphatic carbocycles. The molecule has 4 nitrogen and oxygen atoms in total. The first-order valence-corrected chi connectivity index (χ1v) is 7.60. The van der Waals surface area contributed by atoms with Crippen LogP contribution in [0.4, 0.5) is 0 Å². The zero-order valence-corrected chi connectivity index (χ0v) is 12.7. The highest BCUT2D eigenvalue weighted by atomic mass is 16.3. The second kappa shape index (κ2) is 7.85. The third kappa shape index (κ3) is 5.49. The molecule has 0 saturated heterocycles. The van der Waals surface area contributed by atoms with E-state index in [0.29, 0.717) is 24.9 Å². The summed E-state index contributed by atoms with van der Waals surface area (Å²) < 4.78 is 0. The number of aliphatic hydroxyl groups excluding tert-OH is 1. The van der Waals surface area contributed by atoms with Gasteiger partial charge in [0.05, 0.1) is 13.2 Å². The van der Waals surface area contributed by atoms with Gasteiger partial charge in [0.1, 0.15) is 0 Å². The van der Waals surface area contributed by atoms with Gasteiger partial charge in [-0.05, 0) is 31.6 Å². The molecule has 0 aromatic heterocycles. The molecule has 0 radical (unpaired) electrons. The Hall–Kier alpha value is -0.610. The highest BCUT2D eigenvalue weighted by Crippen LogP contribution is 2.32. The molecule has 0 spiro atoms. The minimum Gasteiger partial charge on any atom is -0.394 e. The second-order valence-electron chi connectivity index (χ2n) is 6.46. The standard InChI is InChI=1S/C15H30N2O2/c1-12(2)9-16-14(19)10-17-15(3,11-18)13-7-5-4-6-8-13/h12-13,17-18H,4-11H2,1-3H3,(H,16,19)/t15-/m1/s1. The van der Waals surface area contributed by atoms with Gasteiger partial charge in [-0.3, -0.25) is 4.79 Å². The average molecular weight is 270 g/mol. The maximum atomic E-state index is 11.7. The van der Waals surface area contributed by atoms with Gasteiger partial charge in [-0.15, -0.1) is 0 Å². The van der Waals surface area contributed by atoms with Crippen LogP contribution in [-0.2, 0) is 4.79 Å². The molecule has 1 fully saturated rings. The van der Waals surface area contributed by atoms with Crippen LogP contribution in [0, 0.1) is 11.8 Å². The summed E-state index contributed by atoms with van der Waals surface area (Å²) in [6, 6.07) is 0. The molecule has 0 bridgehead atoms. The van der Waals surface area contributed by atoms with Crippen LogP contribution in [0.3, 0.4) is 0 Å². The lowest BCUT2D eigenvalue weighted by atomic mass is 9.76. The van der Waals surface area contributed by atoms with Crippen molar-refractivity contribution in [1.29, 1.82) is 0 Å². The molecule has 4 heteroatoms. The quantitative estimate of drug-likeness (QED) is 0.659. The molecule has 1 saturated carbocycles. The number of aliphatic hydroxyl groups is 1. The first kappa shape index (κ1) is 16.4. The van der Waals surface area contributed by atoms with Gasteiger partial charge in [0, 0.05) is 12.1 Å². The molecular weight excluding hydrogens is 240 g/mol. The van der Waals surface area contributed by atoms with Gasteiger partial charge in [-0.1, -0.05) is 33.1 Å². The van der Waals surface area contributed by atoms with Crippen LogP contribution in [0.25, 0.3) is 0 Å². The summed E-state index contributed by atoms with van der Waals surface area (Å²) in [6.45, 7) is 7.29. The first-order chi connectivity index (χ1) is 8.98. The predicted molar refractivity (Wildman–Crippen MR) is 77.9 cm³/mol. The maximum Gasteiger partial charge on any atom is 0.233 e. The van der Waals surface area contributed by atoms with E-state index in [-0.39, 0.29) is 18.1 Å². The summed E-state index contributed by atoms with van der Waals surface area (Å²) in [5.74, 6) is 0.958. The Morgan fingerprint density at radius 1 is 1.32 bits per heavy atom. The van der Waals surface area contributed by atoms with E-state index in [1.165, 1.54) is 19.3 Å². The van der Waals surface area contributed by atoms with Crippen molar-refractivity contribution < 1.29 is 9.90 Å². The second-order valence-corrected chi connectivity index (χ2v) is 6.46. The molecule has 1 rings (SSSR count). The zero-order valence-electron chi connectivity index (χ0n) is 12.7. The molecular formula is C15H30N2O2. The van der Waals surface area contributed by atoms with Gasteiger partial charge in [0.2, 0.25) is 5.91 Å². The van der Waals surface area contributed by atoms with Crippen LogP contribution in [0.5, 0.6) is 0 Å². The van der Waals surface area contributed by atoms with Crippen molar-refractivity contribution >= 4 is 5.91 Å². The van der Waals surface area contributed by atoms with Gasteiger partial charge in [0.25, 0.3) is 0 Å². The van der Waals surface area contributed by atoms with E-state index >= 15 is 0 Å². The molecule has 112 valence electrons. The number of hydrogen-bond acceptors (Lipinski definition) is 3. The number of rotatable bonds is 7. The summed E-state index contributed by atoms with van der Waals surface area (Å²) in [5.41, 5.74) is -0.324. The van der Waals surface area contributed by atoms with Crippen molar-refractivity contribution in [3.63, 3.8) is 0 Å². The Morgan fingerprint density at radius 2 is 1.95 bits per heavy atom. The minimum absolute atomic E-state index is 0.0178. The molecule has 1 atom stereocenters. The highest BCUT2D eigenvalue weighted by Gasteiger charge is 2.34. The fraction of sp³-hybridized carbons (Fsp3) is 0.933. The Labute approximate surface area is 117 Å². The number of amides is 1. The summed E-state index contributed by atoms with van der Waals surface area (Å²) in [5, 5.41) is 15.8. The molecule has 0 aliphatic heterocycles. The van der Waals surface area contributed by atoms with Crippen LogP contribution in [-0.4, -0.2) is 36.2 Å². The third-order valence-corrected chi connectivity index (χ3v) is 4.19. The normalized spacial score (nSPS) is 20.3. The first-order valence-electron chi connectivity index (χ1n) is 7.60. The lowest BCUT2D eigenvalue weighted by Crippen LogP contribution is -2.55. The highest BCUT2D eigenvalue weighted by molar-refractivity contribution is 5.78. The Bertz CT molecular complexity index is 275. The number of carbonyl (C=O) groups is 1. The van der Waals surface area contributed by atoms with E-state index in [1.54, 1.807) is 0 Å². The lowest BCUT2D eigenvalue weighted by molar-refractivity contribution is -0.121. The smallest absolute Gasteiger partial charge is 0.233 e. The summed E-state index contributed by atoms with van der Waals surface area (Å²) in [4.78, 5) is 11.7. The van der Waals surface area contributed by atoms with E-state index < -0.39 is 0 Å². The average Bonchev–Trinajstić information content (AvgIpc) is 2.43. The van der Waals surface area contributed by atoms with E-state index in [4.69, 9.17) is 0 Å². The van der Waals surface area contributed by atoms with Crippen LogP contribution in [0.2, 0.25) is 0 Å². The van der Waals surface area contributed by atoms with E-state index in [1.807, 2.05) is 6.92 Å². The molecule has 19 heavy (non-hydrogen) atoms. The Balaban J connectivity index is 2.39. The van der Waals surface area contributed by atoms with E-state index in [2.05, 4.69) is 24.5 Å². The Kier molecular flexibility index (Phi) is 6.80. The topological polar surface area (TPSA) is 61.4 Å². The van der Waals surface area contributed by atoms with Gasteiger partial charge in [-0.2, -0.15) is 0 Å². The van der Waals surface area contributed by atoms with E-state index in [0.717, 1.165) is 12.8 Å². The molecule has 1 amide bonds. The molecule has 3 N–H and O–H groups in total. The zero-order chi connectivity index (χ0) is 14.3. The molecule has 0 aromatic rings. The van der Waals surface area contributed by atoms with Crippen molar-refractivity contribution in [1.82, 2.24) is 10.6 Å². The van der Waals surface area contributed by atoms with Crippen LogP contribution < -0.4 is 10.6 Å².